The second kappa shape index (κ2) is 6.74. The van der Waals surface area contributed by atoms with E-state index in [4.69, 9.17) is 0 Å². The number of carbonyl (C=O) groups is 1. The first kappa shape index (κ1) is 14.8. The van der Waals surface area contributed by atoms with Crippen LogP contribution < -0.4 is 5.32 Å². The molecule has 2 fully saturated rings. The molecule has 2 aliphatic rings. The summed E-state index contributed by atoms with van der Waals surface area (Å²) in [4.78, 5) is 14.7. The topological polar surface area (TPSA) is 32.3 Å². The van der Waals surface area contributed by atoms with Crippen molar-refractivity contribution in [3.8, 4) is 0 Å². The van der Waals surface area contributed by atoms with E-state index in [1.165, 1.54) is 25.7 Å². The summed E-state index contributed by atoms with van der Waals surface area (Å²) in [6, 6.07) is 0.0859. The Morgan fingerprint density at radius 1 is 1.32 bits per heavy atom. The van der Waals surface area contributed by atoms with E-state index >= 15 is 0 Å². The molecule has 1 N–H and O–H groups in total. The number of hydrogen-bond donors (Lipinski definition) is 1. The van der Waals surface area contributed by atoms with Gasteiger partial charge >= 0.3 is 0 Å². The summed E-state index contributed by atoms with van der Waals surface area (Å²) in [6.45, 7) is 7.57. The Hall–Kier alpha value is -0.570. The third kappa shape index (κ3) is 3.50. The van der Waals surface area contributed by atoms with Gasteiger partial charge in [-0.25, -0.2) is 0 Å². The van der Waals surface area contributed by atoms with Gasteiger partial charge in [0.15, 0.2) is 0 Å². The highest BCUT2D eigenvalue weighted by Crippen LogP contribution is 2.32. The van der Waals surface area contributed by atoms with E-state index in [2.05, 4.69) is 31.0 Å². The minimum absolute atomic E-state index is 0.0859. The van der Waals surface area contributed by atoms with Crippen LogP contribution >= 0.6 is 0 Å². The second-order valence-corrected chi connectivity index (χ2v) is 6.71. The van der Waals surface area contributed by atoms with E-state index in [1.807, 2.05) is 0 Å². The Balaban J connectivity index is 2.02. The molecule has 3 nitrogen and oxygen atoms in total. The SMILES string of the molecule is CCCC1NC(C2CCCC2)N(CCC(C)C)C1=O. The highest BCUT2D eigenvalue weighted by atomic mass is 16.2. The molecule has 0 aromatic carbocycles. The van der Waals surface area contributed by atoms with Gasteiger partial charge in [-0.3, -0.25) is 10.1 Å². The zero-order chi connectivity index (χ0) is 13.8. The molecule has 1 amide bonds. The molecular formula is C16H30N2O. The van der Waals surface area contributed by atoms with Crippen molar-refractivity contribution in [1.82, 2.24) is 10.2 Å². The average molecular weight is 266 g/mol. The third-order valence-corrected chi connectivity index (χ3v) is 4.66. The molecule has 3 heteroatoms. The molecule has 1 aliphatic carbocycles. The first-order valence-electron chi connectivity index (χ1n) is 8.20. The van der Waals surface area contributed by atoms with Crippen LogP contribution in [0.1, 0.15) is 65.7 Å². The fraction of sp³-hybridized carbons (Fsp3) is 0.938. The Kier molecular flexibility index (Phi) is 5.26. The molecule has 1 aliphatic heterocycles. The van der Waals surface area contributed by atoms with Crippen LogP contribution in [0.2, 0.25) is 0 Å². The van der Waals surface area contributed by atoms with Gasteiger partial charge in [-0.1, -0.05) is 40.0 Å². The number of nitrogens with zero attached hydrogens (tertiary/aromatic N) is 1. The lowest BCUT2D eigenvalue weighted by Crippen LogP contribution is -2.43. The van der Waals surface area contributed by atoms with Crippen LogP contribution in [0.4, 0.5) is 0 Å². The first-order chi connectivity index (χ1) is 9.13. The summed E-state index contributed by atoms with van der Waals surface area (Å²) in [5.41, 5.74) is 0. The van der Waals surface area contributed by atoms with Crippen molar-refractivity contribution in [3.05, 3.63) is 0 Å². The fourth-order valence-corrected chi connectivity index (χ4v) is 3.51. The van der Waals surface area contributed by atoms with Crippen LogP contribution in [0.5, 0.6) is 0 Å². The average Bonchev–Trinajstić information content (AvgIpc) is 2.97. The molecule has 1 saturated heterocycles. The monoisotopic (exact) mass is 266 g/mol. The van der Waals surface area contributed by atoms with Gasteiger partial charge in [0.1, 0.15) is 0 Å². The molecule has 1 heterocycles. The fourth-order valence-electron chi connectivity index (χ4n) is 3.51. The van der Waals surface area contributed by atoms with Crippen LogP contribution in [-0.2, 0) is 4.79 Å². The molecule has 110 valence electrons. The molecule has 1 saturated carbocycles. The molecule has 19 heavy (non-hydrogen) atoms. The van der Waals surface area contributed by atoms with Gasteiger partial charge in [0.25, 0.3) is 0 Å². The van der Waals surface area contributed by atoms with Gasteiger partial charge in [0.05, 0.1) is 12.2 Å². The van der Waals surface area contributed by atoms with E-state index < -0.39 is 0 Å². The first-order valence-corrected chi connectivity index (χ1v) is 8.20. The van der Waals surface area contributed by atoms with Crippen LogP contribution in [0, 0.1) is 11.8 Å². The number of hydrogen-bond acceptors (Lipinski definition) is 2. The number of rotatable bonds is 6. The van der Waals surface area contributed by atoms with Crippen molar-refractivity contribution >= 4 is 5.91 Å². The maximum absolute atomic E-state index is 12.5. The second-order valence-electron chi connectivity index (χ2n) is 6.71. The summed E-state index contributed by atoms with van der Waals surface area (Å²) >= 11 is 0. The van der Waals surface area contributed by atoms with Gasteiger partial charge in [-0.15, -0.1) is 0 Å². The predicted octanol–water partition coefficient (Wildman–Crippen LogP) is 3.15. The summed E-state index contributed by atoms with van der Waals surface area (Å²) in [5.74, 6) is 1.72. The standard InChI is InChI=1S/C16H30N2O/c1-4-7-14-16(19)18(11-10-12(2)3)15(17-14)13-8-5-6-9-13/h12-15,17H,4-11H2,1-3H3. The van der Waals surface area contributed by atoms with Crippen molar-refractivity contribution in [2.24, 2.45) is 11.8 Å². The Morgan fingerprint density at radius 2 is 2.00 bits per heavy atom. The molecule has 2 rings (SSSR count). The van der Waals surface area contributed by atoms with E-state index in [1.54, 1.807) is 0 Å². The molecule has 0 aromatic rings. The Morgan fingerprint density at radius 3 is 2.58 bits per heavy atom. The van der Waals surface area contributed by atoms with Crippen LogP contribution in [0.3, 0.4) is 0 Å². The Labute approximate surface area is 118 Å². The molecule has 0 aromatic heterocycles. The van der Waals surface area contributed by atoms with E-state index in [0.29, 0.717) is 23.9 Å². The lowest BCUT2D eigenvalue weighted by Gasteiger charge is -2.29. The quantitative estimate of drug-likeness (QED) is 0.801. The summed E-state index contributed by atoms with van der Waals surface area (Å²) in [5, 5.41) is 3.63. The van der Waals surface area contributed by atoms with Crippen molar-refractivity contribution in [2.45, 2.75) is 77.9 Å². The summed E-state index contributed by atoms with van der Waals surface area (Å²) < 4.78 is 0. The van der Waals surface area contributed by atoms with Crippen molar-refractivity contribution < 1.29 is 4.79 Å². The van der Waals surface area contributed by atoms with Crippen LogP contribution in [0.15, 0.2) is 0 Å². The lowest BCUT2D eigenvalue weighted by molar-refractivity contribution is -0.130. The van der Waals surface area contributed by atoms with Crippen LogP contribution in [0.25, 0.3) is 0 Å². The lowest BCUT2D eigenvalue weighted by atomic mass is 10.0. The molecule has 0 spiro atoms. The van der Waals surface area contributed by atoms with Gasteiger partial charge in [-0.2, -0.15) is 0 Å². The minimum Gasteiger partial charge on any atom is -0.326 e. The minimum atomic E-state index is 0.0859. The van der Waals surface area contributed by atoms with Crippen LogP contribution in [-0.4, -0.2) is 29.6 Å². The van der Waals surface area contributed by atoms with Crippen molar-refractivity contribution in [3.63, 3.8) is 0 Å². The largest absolute Gasteiger partial charge is 0.326 e. The molecule has 2 atom stereocenters. The van der Waals surface area contributed by atoms with E-state index in [-0.39, 0.29) is 6.04 Å². The van der Waals surface area contributed by atoms with Gasteiger partial charge in [0.2, 0.25) is 5.91 Å². The van der Waals surface area contributed by atoms with E-state index in [0.717, 1.165) is 25.8 Å². The number of amides is 1. The number of carbonyl (C=O) groups excluding carboxylic acids is 1. The summed E-state index contributed by atoms with van der Waals surface area (Å²) in [6.07, 6.45) is 8.78. The maximum Gasteiger partial charge on any atom is 0.241 e. The zero-order valence-electron chi connectivity index (χ0n) is 12.8. The predicted molar refractivity (Wildman–Crippen MR) is 78.7 cm³/mol. The summed E-state index contributed by atoms with van der Waals surface area (Å²) in [7, 11) is 0. The molecule has 0 bridgehead atoms. The van der Waals surface area contributed by atoms with Gasteiger partial charge in [-0.05, 0) is 37.5 Å². The molecular weight excluding hydrogens is 236 g/mol. The normalized spacial score (nSPS) is 28.8. The third-order valence-electron chi connectivity index (χ3n) is 4.66. The maximum atomic E-state index is 12.5. The van der Waals surface area contributed by atoms with Crippen molar-refractivity contribution in [1.29, 1.82) is 0 Å². The Bertz CT molecular complexity index is 297. The van der Waals surface area contributed by atoms with E-state index in [9.17, 15) is 4.79 Å². The molecule has 0 radical (unpaired) electrons. The smallest absolute Gasteiger partial charge is 0.241 e. The zero-order valence-corrected chi connectivity index (χ0v) is 12.8. The van der Waals surface area contributed by atoms with Crippen molar-refractivity contribution in [2.75, 3.05) is 6.54 Å². The van der Waals surface area contributed by atoms with Gasteiger partial charge in [0, 0.05) is 6.54 Å². The van der Waals surface area contributed by atoms with Gasteiger partial charge < -0.3 is 4.90 Å². The number of nitrogens with one attached hydrogen (secondary N) is 1. The highest BCUT2D eigenvalue weighted by Gasteiger charge is 2.42. The molecule has 2 unspecified atom stereocenters. The highest BCUT2D eigenvalue weighted by molar-refractivity contribution is 5.84.